The van der Waals surface area contributed by atoms with E-state index in [1.165, 1.54) is 12.8 Å². The lowest BCUT2D eigenvalue weighted by Gasteiger charge is -2.09. The summed E-state index contributed by atoms with van der Waals surface area (Å²) < 4.78 is 5.07. The summed E-state index contributed by atoms with van der Waals surface area (Å²) in [4.78, 5) is 11.3. The quantitative estimate of drug-likeness (QED) is 0.356. The van der Waals surface area contributed by atoms with Gasteiger partial charge in [-0.3, -0.25) is 0 Å². The fourth-order valence-corrected chi connectivity index (χ4v) is 1.02. The monoisotopic (exact) mass is 198 g/mol. The van der Waals surface area contributed by atoms with E-state index in [9.17, 15) is 4.79 Å². The molecule has 0 radical (unpaired) electrons. The fraction of sp³-hybridized carbons (Fsp3) is 0.750. The third-order valence-corrected chi connectivity index (χ3v) is 2.19. The summed E-state index contributed by atoms with van der Waals surface area (Å²) in [5.74, 6) is -0.0605. The van der Waals surface area contributed by atoms with Crippen LogP contribution in [0.25, 0.3) is 0 Å². The number of hydrogen-bond acceptors (Lipinski definition) is 2. The van der Waals surface area contributed by atoms with Crippen LogP contribution in [0.1, 0.15) is 46.5 Å². The Balaban J connectivity index is 3.49. The van der Waals surface area contributed by atoms with Gasteiger partial charge in [-0.15, -0.1) is 0 Å². The molecule has 82 valence electrons. The number of carbonyl (C=O) groups is 1. The van der Waals surface area contributed by atoms with E-state index in [4.69, 9.17) is 4.74 Å². The van der Waals surface area contributed by atoms with Crippen molar-refractivity contribution in [3.8, 4) is 0 Å². The molecular formula is C12H22O2. The minimum Gasteiger partial charge on any atom is -0.462 e. The SMILES string of the molecule is C=C(C(=O)OCCCCCC)C(C)C. The molecule has 0 fully saturated rings. The third kappa shape index (κ3) is 5.79. The highest BCUT2D eigenvalue weighted by molar-refractivity contribution is 5.88. The molecule has 0 saturated heterocycles. The molecule has 0 aromatic carbocycles. The van der Waals surface area contributed by atoms with Crippen molar-refractivity contribution in [2.75, 3.05) is 6.61 Å². The standard InChI is InChI=1S/C12H22O2/c1-5-6-7-8-9-14-12(13)11(4)10(2)3/h10H,4-9H2,1-3H3. The lowest BCUT2D eigenvalue weighted by molar-refractivity contribution is -0.139. The van der Waals surface area contributed by atoms with Gasteiger partial charge in [0, 0.05) is 5.57 Å². The maximum absolute atomic E-state index is 11.3. The second-order valence-electron chi connectivity index (χ2n) is 3.88. The summed E-state index contributed by atoms with van der Waals surface area (Å²) in [5.41, 5.74) is 0.570. The molecule has 0 aliphatic carbocycles. The highest BCUT2D eigenvalue weighted by Gasteiger charge is 2.11. The van der Waals surface area contributed by atoms with Gasteiger partial charge in [0.25, 0.3) is 0 Å². The van der Waals surface area contributed by atoms with Crippen LogP contribution in [0.15, 0.2) is 12.2 Å². The van der Waals surface area contributed by atoms with Crippen LogP contribution < -0.4 is 0 Å². The van der Waals surface area contributed by atoms with Gasteiger partial charge in [-0.2, -0.15) is 0 Å². The molecule has 0 N–H and O–H groups in total. The second-order valence-corrected chi connectivity index (χ2v) is 3.88. The molecule has 0 bridgehead atoms. The molecule has 0 rings (SSSR count). The van der Waals surface area contributed by atoms with E-state index in [-0.39, 0.29) is 11.9 Å². The molecule has 0 saturated carbocycles. The van der Waals surface area contributed by atoms with Gasteiger partial charge in [0.2, 0.25) is 0 Å². The van der Waals surface area contributed by atoms with Crippen LogP contribution in [0, 0.1) is 5.92 Å². The van der Waals surface area contributed by atoms with E-state index >= 15 is 0 Å². The van der Waals surface area contributed by atoms with Crippen molar-refractivity contribution in [1.29, 1.82) is 0 Å². The number of hydrogen-bond donors (Lipinski definition) is 0. The molecule has 0 amide bonds. The summed E-state index contributed by atoms with van der Waals surface area (Å²) in [7, 11) is 0. The Labute approximate surface area is 87.3 Å². The van der Waals surface area contributed by atoms with Gasteiger partial charge in [-0.1, -0.05) is 46.6 Å². The van der Waals surface area contributed by atoms with Crippen LogP contribution >= 0.6 is 0 Å². The number of carbonyl (C=O) groups excluding carboxylic acids is 1. The summed E-state index contributed by atoms with van der Waals surface area (Å²) in [6.45, 7) is 10.3. The summed E-state index contributed by atoms with van der Waals surface area (Å²) in [6.07, 6.45) is 4.51. The van der Waals surface area contributed by atoms with Crippen molar-refractivity contribution in [1.82, 2.24) is 0 Å². The average molecular weight is 198 g/mol. The van der Waals surface area contributed by atoms with Crippen molar-refractivity contribution in [2.45, 2.75) is 46.5 Å². The topological polar surface area (TPSA) is 26.3 Å². The zero-order valence-corrected chi connectivity index (χ0v) is 9.64. The molecule has 0 aliphatic rings. The van der Waals surface area contributed by atoms with Crippen molar-refractivity contribution in [3.05, 3.63) is 12.2 Å². The van der Waals surface area contributed by atoms with Gasteiger partial charge < -0.3 is 4.74 Å². The predicted molar refractivity (Wildman–Crippen MR) is 59.1 cm³/mol. The molecule has 2 heteroatoms. The van der Waals surface area contributed by atoms with Crippen LogP contribution in [0.2, 0.25) is 0 Å². The molecule has 0 unspecified atom stereocenters. The zero-order chi connectivity index (χ0) is 11.0. The van der Waals surface area contributed by atoms with Gasteiger partial charge in [0.1, 0.15) is 0 Å². The number of esters is 1. The first-order valence-electron chi connectivity index (χ1n) is 5.45. The van der Waals surface area contributed by atoms with Gasteiger partial charge in [0.05, 0.1) is 6.61 Å². The van der Waals surface area contributed by atoms with Crippen LogP contribution in [-0.2, 0) is 9.53 Å². The number of rotatable bonds is 7. The molecule has 0 atom stereocenters. The highest BCUT2D eigenvalue weighted by Crippen LogP contribution is 2.09. The summed E-state index contributed by atoms with van der Waals surface area (Å²) >= 11 is 0. The zero-order valence-electron chi connectivity index (χ0n) is 9.64. The number of ether oxygens (including phenoxy) is 1. The van der Waals surface area contributed by atoms with E-state index in [1.54, 1.807) is 0 Å². The van der Waals surface area contributed by atoms with E-state index < -0.39 is 0 Å². The first-order valence-corrected chi connectivity index (χ1v) is 5.45. The maximum Gasteiger partial charge on any atom is 0.333 e. The molecule has 0 spiro atoms. The van der Waals surface area contributed by atoms with Gasteiger partial charge in [-0.05, 0) is 12.3 Å². The Morgan fingerprint density at radius 1 is 1.29 bits per heavy atom. The third-order valence-electron chi connectivity index (χ3n) is 2.19. The molecule has 0 aliphatic heterocycles. The number of unbranched alkanes of at least 4 members (excludes halogenated alkanes) is 3. The largest absolute Gasteiger partial charge is 0.462 e. The van der Waals surface area contributed by atoms with Crippen molar-refractivity contribution in [2.24, 2.45) is 5.92 Å². The lowest BCUT2D eigenvalue weighted by Crippen LogP contribution is -2.12. The normalized spacial score (nSPS) is 10.3. The minimum absolute atomic E-state index is 0.179. The maximum atomic E-state index is 11.3. The van der Waals surface area contributed by atoms with Crippen molar-refractivity contribution in [3.63, 3.8) is 0 Å². The van der Waals surface area contributed by atoms with Gasteiger partial charge >= 0.3 is 5.97 Å². The first kappa shape index (κ1) is 13.2. The minimum atomic E-state index is -0.239. The lowest BCUT2D eigenvalue weighted by atomic mass is 10.1. The van der Waals surface area contributed by atoms with Gasteiger partial charge in [0.15, 0.2) is 0 Å². The average Bonchev–Trinajstić information content (AvgIpc) is 2.16. The fourth-order valence-electron chi connectivity index (χ4n) is 1.02. The molecular weight excluding hydrogens is 176 g/mol. The van der Waals surface area contributed by atoms with Crippen LogP contribution in [0.3, 0.4) is 0 Å². The second kappa shape index (κ2) is 7.60. The molecule has 2 nitrogen and oxygen atoms in total. The Hall–Kier alpha value is -0.790. The van der Waals surface area contributed by atoms with E-state index in [2.05, 4.69) is 13.5 Å². The van der Waals surface area contributed by atoms with Crippen molar-refractivity contribution >= 4 is 5.97 Å². The predicted octanol–water partition coefficient (Wildman–Crippen LogP) is 3.32. The Bertz CT molecular complexity index is 183. The first-order chi connectivity index (χ1) is 6.59. The molecule has 0 heterocycles. The summed E-state index contributed by atoms with van der Waals surface area (Å²) in [6, 6.07) is 0. The molecule has 0 aromatic heterocycles. The summed E-state index contributed by atoms with van der Waals surface area (Å²) in [5, 5.41) is 0. The van der Waals surface area contributed by atoms with E-state index in [0.717, 1.165) is 12.8 Å². The van der Waals surface area contributed by atoms with Crippen LogP contribution in [0.4, 0.5) is 0 Å². The van der Waals surface area contributed by atoms with Crippen LogP contribution in [-0.4, -0.2) is 12.6 Å². The molecule has 14 heavy (non-hydrogen) atoms. The van der Waals surface area contributed by atoms with Gasteiger partial charge in [-0.25, -0.2) is 4.79 Å². The molecule has 0 aromatic rings. The Morgan fingerprint density at radius 3 is 2.43 bits per heavy atom. The van der Waals surface area contributed by atoms with Crippen LogP contribution in [0.5, 0.6) is 0 Å². The van der Waals surface area contributed by atoms with Crippen molar-refractivity contribution < 1.29 is 9.53 Å². The highest BCUT2D eigenvalue weighted by atomic mass is 16.5. The Morgan fingerprint density at radius 2 is 1.93 bits per heavy atom. The Kier molecular flexibility index (Phi) is 7.17. The smallest absolute Gasteiger partial charge is 0.333 e. The van der Waals surface area contributed by atoms with E-state index in [1.807, 2.05) is 13.8 Å². The van der Waals surface area contributed by atoms with E-state index in [0.29, 0.717) is 12.2 Å².